The second-order valence-electron chi connectivity index (χ2n) is 3.61. The summed E-state index contributed by atoms with van der Waals surface area (Å²) in [5, 5.41) is 0. The van der Waals surface area contributed by atoms with E-state index in [9.17, 15) is 0 Å². The molecule has 0 aromatic heterocycles. The van der Waals surface area contributed by atoms with E-state index < -0.39 is 0 Å². The molecular formula is C12H15. The first-order valence-corrected chi connectivity index (χ1v) is 4.76. The minimum absolute atomic E-state index is 0.863. The van der Waals surface area contributed by atoms with E-state index in [4.69, 9.17) is 0 Å². The van der Waals surface area contributed by atoms with Crippen LogP contribution in [0.1, 0.15) is 42.4 Å². The summed E-state index contributed by atoms with van der Waals surface area (Å²) in [7, 11) is 0. The molecule has 0 spiro atoms. The first kappa shape index (κ1) is 7.85. The zero-order valence-electron chi connectivity index (χ0n) is 7.64. The molecule has 1 radical (unpaired) electrons. The van der Waals surface area contributed by atoms with Crippen LogP contribution in [0.15, 0.2) is 18.2 Å². The summed E-state index contributed by atoms with van der Waals surface area (Å²) in [6.07, 6.45) is 3.90. The van der Waals surface area contributed by atoms with Gasteiger partial charge in [-0.3, -0.25) is 0 Å². The van der Waals surface area contributed by atoms with Gasteiger partial charge in [0.05, 0.1) is 0 Å². The summed E-state index contributed by atoms with van der Waals surface area (Å²) in [5.74, 6) is 0.863. The van der Waals surface area contributed by atoms with Gasteiger partial charge in [-0.15, -0.1) is 0 Å². The average Bonchev–Trinajstić information content (AvgIpc) is 2.86. The fourth-order valence-electron chi connectivity index (χ4n) is 1.86. The Kier molecular flexibility index (Phi) is 1.92. The summed E-state index contributed by atoms with van der Waals surface area (Å²) < 4.78 is 0. The van der Waals surface area contributed by atoms with Crippen molar-refractivity contribution in [2.45, 2.75) is 32.1 Å². The highest BCUT2D eigenvalue weighted by atomic mass is 14.3. The Labute approximate surface area is 74.6 Å². The van der Waals surface area contributed by atoms with Crippen LogP contribution in [-0.2, 0) is 6.42 Å². The van der Waals surface area contributed by atoms with Gasteiger partial charge in [-0.05, 0) is 48.8 Å². The van der Waals surface area contributed by atoms with Crippen molar-refractivity contribution < 1.29 is 0 Å². The summed E-state index contributed by atoms with van der Waals surface area (Å²) in [6.45, 7) is 6.28. The first-order valence-electron chi connectivity index (χ1n) is 4.76. The van der Waals surface area contributed by atoms with Crippen LogP contribution in [0, 0.1) is 6.92 Å². The molecule has 0 bridgehead atoms. The second-order valence-corrected chi connectivity index (χ2v) is 3.61. The van der Waals surface area contributed by atoms with E-state index in [-0.39, 0.29) is 0 Å². The van der Waals surface area contributed by atoms with Crippen molar-refractivity contribution in [2.24, 2.45) is 0 Å². The average molecular weight is 159 g/mol. The Morgan fingerprint density at radius 1 is 1.42 bits per heavy atom. The molecule has 1 fully saturated rings. The molecule has 2 rings (SSSR count). The summed E-state index contributed by atoms with van der Waals surface area (Å²) in [5.41, 5.74) is 4.27. The van der Waals surface area contributed by atoms with Gasteiger partial charge in [-0.25, -0.2) is 0 Å². The van der Waals surface area contributed by atoms with Crippen LogP contribution in [-0.4, -0.2) is 0 Å². The van der Waals surface area contributed by atoms with Crippen LogP contribution in [0.4, 0.5) is 0 Å². The van der Waals surface area contributed by atoms with Crippen LogP contribution >= 0.6 is 0 Å². The van der Waals surface area contributed by atoms with E-state index in [1.807, 2.05) is 0 Å². The molecule has 1 aliphatic rings. The van der Waals surface area contributed by atoms with Crippen molar-refractivity contribution in [1.82, 2.24) is 0 Å². The van der Waals surface area contributed by atoms with E-state index in [1.54, 1.807) is 5.56 Å². The van der Waals surface area contributed by atoms with Gasteiger partial charge in [0.1, 0.15) is 0 Å². The normalized spacial score (nSPS) is 16.5. The minimum atomic E-state index is 0.863. The lowest BCUT2D eigenvalue weighted by Crippen LogP contribution is -1.93. The predicted octanol–water partition coefficient (Wildman–Crippen LogP) is 3.31. The van der Waals surface area contributed by atoms with E-state index in [0.717, 1.165) is 12.3 Å². The Morgan fingerprint density at radius 3 is 2.75 bits per heavy atom. The standard InChI is InChI=1S/C12H15/c1-3-11-9(2)5-4-6-12(11)10-7-8-10/h4-6,10H,2-3,7-8H2,1H3. The topological polar surface area (TPSA) is 0 Å². The SMILES string of the molecule is [CH2]c1cccc(C2CC2)c1CC. The molecule has 1 aromatic carbocycles. The number of benzene rings is 1. The van der Waals surface area contributed by atoms with Crippen molar-refractivity contribution in [1.29, 1.82) is 0 Å². The number of rotatable bonds is 2. The van der Waals surface area contributed by atoms with Gasteiger partial charge >= 0.3 is 0 Å². The summed E-state index contributed by atoms with van der Waals surface area (Å²) >= 11 is 0. The molecule has 0 amide bonds. The van der Waals surface area contributed by atoms with Crippen molar-refractivity contribution in [3.63, 3.8) is 0 Å². The van der Waals surface area contributed by atoms with Crippen LogP contribution < -0.4 is 0 Å². The second kappa shape index (κ2) is 2.93. The third-order valence-electron chi connectivity index (χ3n) is 2.68. The van der Waals surface area contributed by atoms with Crippen LogP contribution in [0.5, 0.6) is 0 Å². The van der Waals surface area contributed by atoms with Crippen LogP contribution in [0.25, 0.3) is 0 Å². The van der Waals surface area contributed by atoms with Gasteiger partial charge in [-0.2, -0.15) is 0 Å². The molecule has 0 heterocycles. The molecule has 12 heavy (non-hydrogen) atoms. The highest BCUT2D eigenvalue weighted by molar-refractivity contribution is 5.40. The van der Waals surface area contributed by atoms with E-state index in [2.05, 4.69) is 32.0 Å². The molecule has 1 saturated carbocycles. The zero-order chi connectivity index (χ0) is 8.55. The van der Waals surface area contributed by atoms with Crippen LogP contribution in [0.2, 0.25) is 0 Å². The lowest BCUT2D eigenvalue weighted by Gasteiger charge is -2.08. The minimum Gasteiger partial charge on any atom is -0.0617 e. The molecule has 0 atom stereocenters. The van der Waals surface area contributed by atoms with Gasteiger partial charge < -0.3 is 0 Å². The molecule has 0 unspecified atom stereocenters. The fraction of sp³-hybridized carbons (Fsp3) is 0.417. The Morgan fingerprint density at radius 2 is 2.17 bits per heavy atom. The molecule has 0 heteroatoms. The number of hydrogen-bond donors (Lipinski definition) is 0. The first-order chi connectivity index (χ1) is 5.83. The van der Waals surface area contributed by atoms with E-state index in [0.29, 0.717) is 0 Å². The fourth-order valence-corrected chi connectivity index (χ4v) is 1.86. The molecule has 0 saturated heterocycles. The Balaban J connectivity index is 2.43. The molecular weight excluding hydrogens is 144 g/mol. The highest BCUT2D eigenvalue weighted by Gasteiger charge is 2.25. The molecule has 1 aliphatic carbocycles. The molecule has 0 aliphatic heterocycles. The molecule has 0 N–H and O–H groups in total. The Bertz CT molecular complexity index is 282. The van der Waals surface area contributed by atoms with Crippen molar-refractivity contribution in [3.05, 3.63) is 41.8 Å². The van der Waals surface area contributed by atoms with Crippen molar-refractivity contribution in [2.75, 3.05) is 0 Å². The smallest absolute Gasteiger partial charge is 0.0159 e. The molecule has 1 aromatic rings. The van der Waals surface area contributed by atoms with Crippen LogP contribution in [0.3, 0.4) is 0 Å². The summed E-state index contributed by atoms with van der Waals surface area (Å²) in [4.78, 5) is 0. The van der Waals surface area contributed by atoms with Gasteiger partial charge in [-0.1, -0.05) is 25.1 Å². The Hall–Kier alpha value is -0.780. The van der Waals surface area contributed by atoms with Gasteiger partial charge in [0.25, 0.3) is 0 Å². The zero-order valence-corrected chi connectivity index (χ0v) is 7.64. The third kappa shape index (κ3) is 1.26. The van der Waals surface area contributed by atoms with E-state index in [1.165, 1.54) is 24.0 Å². The molecule has 63 valence electrons. The predicted molar refractivity (Wildman–Crippen MR) is 52.3 cm³/mol. The van der Waals surface area contributed by atoms with Crippen molar-refractivity contribution in [3.8, 4) is 0 Å². The van der Waals surface area contributed by atoms with Gasteiger partial charge in [0.2, 0.25) is 0 Å². The summed E-state index contributed by atoms with van der Waals surface area (Å²) in [6, 6.07) is 6.52. The van der Waals surface area contributed by atoms with Gasteiger partial charge in [0.15, 0.2) is 0 Å². The maximum absolute atomic E-state index is 4.06. The monoisotopic (exact) mass is 159 g/mol. The maximum atomic E-state index is 4.06. The third-order valence-corrected chi connectivity index (χ3v) is 2.68. The quantitative estimate of drug-likeness (QED) is 0.621. The largest absolute Gasteiger partial charge is 0.0617 e. The lowest BCUT2D eigenvalue weighted by molar-refractivity contribution is 1.02. The number of hydrogen-bond acceptors (Lipinski definition) is 0. The van der Waals surface area contributed by atoms with E-state index >= 15 is 0 Å². The molecule has 0 nitrogen and oxygen atoms in total. The van der Waals surface area contributed by atoms with Gasteiger partial charge in [0, 0.05) is 0 Å². The highest BCUT2D eigenvalue weighted by Crippen LogP contribution is 2.42. The lowest BCUT2D eigenvalue weighted by atomic mass is 9.97. The van der Waals surface area contributed by atoms with Crippen molar-refractivity contribution >= 4 is 0 Å². The maximum Gasteiger partial charge on any atom is -0.0159 e.